The van der Waals surface area contributed by atoms with Crippen molar-refractivity contribution < 1.29 is 0 Å². The van der Waals surface area contributed by atoms with E-state index in [9.17, 15) is 0 Å². The molecule has 0 unspecified atom stereocenters. The monoisotopic (exact) mass is 315 g/mol. The fourth-order valence-electron chi connectivity index (χ4n) is 2.30. The third-order valence-corrected chi connectivity index (χ3v) is 3.87. The van der Waals surface area contributed by atoms with Gasteiger partial charge in [-0.3, -0.25) is 9.67 Å². The third kappa shape index (κ3) is 2.64. The van der Waals surface area contributed by atoms with Crippen LogP contribution in [0.5, 0.6) is 0 Å². The van der Waals surface area contributed by atoms with E-state index in [0.29, 0.717) is 9.79 Å². The zero-order valence-corrected chi connectivity index (χ0v) is 13.3. The molecule has 0 amide bonds. The quantitative estimate of drug-likeness (QED) is 0.685. The SMILES string of the molecule is Cc1ccc(C)c(-n2c(-c3cccc(Cl)c3)n[nH]c2=S)c1. The van der Waals surface area contributed by atoms with Crippen LogP contribution in [0.3, 0.4) is 0 Å². The lowest BCUT2D eigenvalue weighted by Crippen LogP contribution is -2.00. The van der Waals surface area contributed by atoms with Crippen LogP contribution >= 0.6 is 23.8 Å². The van der Waals surface area contributed by atoms with Crippen molar-refractivity contribution in [2.24, 2.45) is 0 Å². The Morgan fingerprint density at radius 2 is 1.95 bits per heavy atom. The van der Waals surface area contributed by atoms with Crippen LogP contribution in [0.15, 0.2) is 42.5 Å². The second-order valence-corrected chi connectivity index (χ2v) is 5.81. The van der Waals surface area contributed by atoms with Crippen molar-refractivity contribution in [2.45, 2.75) is 13.8 Å². The van der Waals surface area contributed by atoms with Crippen molar-refractivity contribution in [1.82, 2.24) is 14.8 Å². The summed E-state index contributed by atoms with van der Waals surface area (Å²) in [5.74, 6) is 0.760. The molecule has 3 nitrogen and oxygen atoms in total. The first kappa shape index (κ1) is 14.0. The van der Waals surface area contributed by atoms with E-state index < -0.39 is 0 Å². The van der Waals surface area contributed by atoms with Crippen molar-refractivity contribution >= 4 is 23.8 Å². The number of halogens is 1. The van der Waals surface area contributed by atoms with Gasteiger partial charge in [-0.1, -0.05) is 35.9 Å². The van der Waals surface area contributed by atoms with E-state index in [2.05, 4.69) is 42.2 Å². The Kier molecular flexibility index (Phi) is 3.66. The van der Waals surface area contributed by atoms with Crippen molar-refractivity contribution in [3.8, 4) is 17.1 Å². The van der Waals surface area contributed by atoms with E-state index >= 15 is 0 Å². The molecule has 0 aliphatic rings. The number of H-pyrrole nitrogens is 1. The molecule has 2 aromatic carbocycles. The van der Waals surface area contributed by atoms with Crippen molar-refractivity contribution in [2.75, 3.05) is 0 Å². The Morgan fingerprint density at radius 3 is 2.71 bits per heavy atom. The first-order chi connectivity index (χ1) is 10.1. The van der Waals surface area contributed by atoms with Crippen LogP contribution in [0, 0.1) is 18.6 Å². The number of hydrogen-bond acceptors (Lipinski definition) is 2. The van der Waals surface area contributed by atoms with E-state index in [1.807, 2.05) is 28.8 Å². The molecule has 0 saturated heterocycles. The highest BCUT2D eigenvalue weighted by Gasteiger charge is 2.12. The molecule has 0 saturated carbocycles. The maximum atomic E-state index is 6.08. The summed E-state index contributed by atoms with van der Waals surface area (Å²) in [6.45, 7) is 4.12. The number of benzene rings is 2. The molecule has 1 aromatic heterocycles. The predicted molar refractivity (Wildman–Crippen MR) is 88.7 cm³/mol. The molecule has 1 heterocycles. The van der Waals surface area contributed by atoms with Gasteiger partial charge in [0, 0.05) is 10.6 Å². The van der Waals surface area contributed by atoms with Crippen LogP contribution in [0.2, 0.25) is 5.02 Å². The second-order valence-electron chi connectivity index (χ2n) is 4.99. The second kappa shape index (κ2) is 5.47. The van der Waals surface area contributed by atoms with Gasteiger partial charge in [0.05, 0.1) is 5.69 Å². The largest absolute Gasteiger partial charge is 0.268 e. The predicted octanol–water partition coefficient (Wildman–Crippen LogP) is 4.87. The van der Waals surface area contributed by atoms with E-state index in [4.69, 9.17) is 23.8 Å². The molecule has 0 fully saturated rings. The highest BCUT2D eigenvalue weighted by molar-refractivity contribution is 7.71. The number of aromatic amines is 1. The molecule has 0 bridgehead atoms. The van der Waals surface area contributed by atoms with Gasteiger partial charge in [0.2, 0.25) is 0 Å². The Bertz CT molecular complexity index is 864. The number of nitrogens with one attached hydrogen (secondary N) is 1. The Labute approximate surface area is 133 Å². The van der Waals surface area contributed by atoms with Crippen LogP contribution in [0.4, 0.5) is 0 Å². The number of aryl methyl sites for hydroxylation is 2. The van der Waals surface area contributed by atoms with E-state index in [1.165, 1.54) is 5.56 Å². The Morgan fingerprint density at radius 1 is 1.14 bits per heavy atom. The van der Waals surface area contributed by atoms with Crippen molar-refractivity contribution in [1.29, 1.82) is 0 Å². The van der Waals surface area contributed by atoms with Gasteiger partial charge in [-0.05, 0) is 55.4 Å². The summed E-state index contributed by atoms with van der Waals surface area (Å²) in [5.41, 5.74) is 4.27. The fourth-order valence-corrected chi connectivity index (χ4v) is 2.72. The molecule has 5 heteroatoms. The molecule has 0 atom stereocenters. The molecule has 3 aromatic rings. The third-order valence-electron chi connectivity index (χ3n) is 3.36. The van der Waals surface area contributed by atoms with Crippen LogP contribution in [0.1, 0.15) is 11.1 Å². The molecule has 0 aliphatic carbocycles. The smallest absolute Gasteiger partial charge is 0.200 e. The lowest BCUT2D eigenvalue weighted by Gasteiger charge is -2.11. The number of nitrogens with zero attached hydrogens (tertiary/aromatic N) is 2. The van der Waals surface area contributed by atoms with Crippen LogP contribution in [-0.2, 0) is 0 Å². The highest BCUT2D eigenvalue weighted by Crippen LogP contribution is 2.26. The minimum absolute atomic E-state index is 0.568. The number of rotatable bonds is 2. The summed E-state index contributed by atoms with van der Waals surface area (Å²) in [6.07, 6.45) is 0. The Balaban J connectivity index is 2.27. The topological polar surface area (TPSA) is 33.6 Å². The summed E-state index contributed by atoms with van der Waals surface area (Å²) in [7, 11) is 0. The average molecular weight is 316 g/mol. The maximum Gasteiger partial charge on any atom is 0.200 e. The molecule has 0 spiro atoms. The average Bonchev–Trinajstić information content (AvgIpc) is 2.83. The fraction of sp³-hybridized carbons (Fsp3) is 0.125. The van der Waals surface area contributed by atoms with Crippen LogP contribution < -0.4 is 0 Å². The summed E-state index contributed by atoms with van der Waals surface area (Å²) >= 11 is 11.5. The Hall–Kier alpha value is -1.91. The molecule has 21 heavy (non-hydrogen) atoms. The van der Waals surface area contributed by atoms with Crippen molar-refractivity contribution in [3.05, 3.63) is 63.4 Å². The van der Waals surface area contributed by atoms with Gasteiger partial charge >= 0.3 is 0 Å². The zero-order chi connectivity index (χ0) is 15.0. The zero-order valence-electron chi connectivity index (χ0n) is 11.7. The lowest BCUT2D eigenvalue weighted by molar-refractivity contribution is 1.02. The molecule has 1 N–H and O–H groups in total. The first-order valence-electron chi connectivity index (χ1n) is 6.57. The van der Waals surface area contributed by atoms with E-state index in [1.54, 1.807) is 0 Å². The summed E-state index contributed by atoms with van der Waals surface area (Å²) in [5, 5.41) is 7.91. The molecular formula is C16H14ClN3S. The standard InChI is InChI=1S/C16H14ClN3S/c1-10-6-7-11(2)14(8-10)20-15(18-19-16(20)21)12-4-3-5-13(17)9-12/h3-9H,1-2H3,(H,19,21). The van der Waals surface area contributed by atoms with Gasteiger partial charge in [-0.2, -0.15) is 5.10 Å². The summed E-state index contributed by atoms with van der Waals surface area (Å²) in [4.78, 5) is 0. The van der Waals surface area contributed by atoms with Gasteiger partial charge in [-0.25, -0.2) is 0 Å². The minimum Gasteiger partial charge on any atom is -0.268 e. The molecule has 106 valence electrons. The summed E-state index contributed by atoms with van der Waals surface area (Å²) < 4.78 is 2.52. The molecule has 0 radical (unpaired) electrons. The molecular weight excluding hydrogens is 302 g/mol. The van der Waals surface area contributed by atoms with E-state index in [-0.39, 0.29) is 0 Å². The summed E-state index contributed by atoms with van der Waals surface area (Å²) in [6, 6.07) is 13.9. The molecule has 3 rings (SSSR count). The van der Waals surface area contributed by atoms with Gasteiger partial charge in [0.1, 0.15) is 0 Å². The number of aromatic nitrogens is 3. The highest BCUT2D eigenvalue weighted by atomic mass is 35.5. The lowest BCUT2D eigenvalue weighted by atomic mass is 10.1. The minimum atomic E-state index is 0.568. The van der Waals surface area contributed by atoms with Crippen LogP contribution in [0.25, 0.3) is 17.1 Å². The van der Waals surface area contributed by atoms with Crippen LogP contribution in [-0.4, -0.2) is 14.8 Å². The van der Waals surface area contributed by atoms with Gasteiger partial charge in [0.25, 0.3) is 0 Å². The first-order valence-corrected chi connectivity index (χ1v) is 7.36. The van der Waals surface area contributed by atoms with E-state index in [0.717, 1.165) is 22.6 Å². The number of hydrogen-bond donors (Lipinski definition) is 1. The van der Waals surface area contributed by atoms with Gasteiger partial charge in [-0.15, -0.1) is 0 Å². The van der Waals surface area contributed by atoms with Crippen molar-refractivity contribution in [3.63, 3.8) is 0 Å². The maximum absolute atomic E-state index is 6.08. The van der Waals surface area contributed by atoms with Gasteiger partial charge in [0.15, 0.2) is 10.6 Å². The van der Waals surface area contributed by atoms with Gasteiger partial charge < -0.3 is 0 Å². The normalized spacial score (nSPS) is 10.8. The molecule has 0 aliphatic heterocycles.